The fraction of sp³-hybridized carbons (Fsp3) is 0.238. The predicted octanol–water partition coefficient (Wildman–Crippen LogP) is 3.24. The third-order valence-electron chi connectivity index (χ3n) is 5.37. The zero-order valence-corrected chi connectivity index (χ0v) is 20.6. The van der Waals surface area contributed by atoms with Gasteiger partial charge in [0, 0.05) is 18.0 Å². The summed E-state index contributed by atoms with van der Waals surface area (Å²) in [4.78, 5) is 24.9. The summed E-state index contributed by atoms with van der Waals surface area (Å²) >= 11 is 12.5. The molecule has 1 saturated carbocycles. The molecule has 0 unspecified atom stereocenters. The van der Waals surface area contributed by atoms with Gasteiger partial charge in [0.1, 0.15) is 16.4 Å². The van der Waals surface area contributed by atoms with Gasteiger partial charge in [-0.25, -0.2) is 26.7 Å². The van der Waals surface area contributed by atoms with E-state index in [0.717, 1.165) is 24.3 Å². The van der Waals surface area contributed by atoms with Gasteiger partial charge in [-0.1, -0.05) is 23.2 Å². The molecule has 3 aromatic rings. The van der Waals surface area contributed by atoms with E-state index in [1.54, 1.807) is 4.98 Å². The van der Waals surface area contributed by atoms with E-state index in [1.165, 1.54) is 6.07 Å². The van der Waals surface area contributed by atoms with Crippen LogP contribution in [0.5, 0.6) is 17.2 Å². The second-order valence-electron chi connectivity index (χ2n) is 7.94. The molecule has 0 bridgehead atoms. The van der Waals surface area contributed by atoms with Crippen LogP contribution in [0.1, 0.15) is 25.0 Å². The number of phenolic OH excluding ortho intramolecular Hbond substituents is 1. The second-order valence-corrected chi connectivity index (χ2v) is 10.4. The van der Waals surface area contributed by atoms with Crippen molar-refractivity contribution in [3.05, 3.63) is 66.9 Å². The Bertz CT molecular complexity index is 1630. The van der Waals surface area contributed by atoms with Crippen LogP contribution in [0.2, 0.25) is 10.0 Å². The molecule has 4 rings (SSSR count). The zero-order chi connectivity index (χ0) is 27.1. The second kappa shape index (κ2) is 10.1. The van der Waals surface area contributed by atoms with E-state index < -0.39 is 50.1 Å². The number of nitrogens with zero attached hydrogens (tertiary/aromatic N) is 3. The van der Waals surface area contributed by atoms with Crippen LogP contribution in [0.15, 0.2) is 44.8 Å². The summed E-state index contributed by atoms with van der Waals surface area (Å²) in [7, 11) is -4.17. The lowest BCUT2D eigenvalue weighted by Gasteiger charge is -2.30. The van der Waals surface area contributed by atoms with E-state index in [0.29, 0.717) is 17.5 Å². The number of H-pyrrole nitrogens is 1. The van der Waals surface area contributed by atoms with E-state index in [2.05, 4.69) is 9.82 Å². The van der Waals surface area contributed by atoms with Crippen LogP contribution < -0.4 is 20.7 Å². The van der Waals surface area contributed by atoms with Crippen molar-refractivity contribution in [3.8, 4) is 29.0 Å². The van der Waals surface area contributed by atoms with Gasteiger partial charge in [-0.3, -0.25) is 9.78 Å². The normalized spacial score (nSPS) is 17.3. The minimum Gasteiger partial charge on any atom is -0.507 e. The number of nitrogens with one attached hydrogen (secondary N) is 2. The molecule has 1 heterocycles. The highest BCUT2D eigenvalue weighted by molar-refractivity contribution is 7.89. The number of hydrogen-bond acceptors (Lipinski definition) is 8. The van der Waals surface area contributed by atoms with Crippen LogP contribution in [-0.4, -0.2) is 34.3 Å². The standard InChI is InChI=1S/C21H15Cl2F2N5O6S/c22-13-5-11(30-21(33)27-20(32)17(28-30)19(24)25)6-14(23)18(13)36-12-1-2-15(31)16(7-12)37(34,35)29-10-3-9(4-10)8-26/h1-2,5-7,9-10,19,29,31H,3-4H2,(H,27,32,33)/t9-,10-. The summed E-state index contributed by atoms with van der Waals surface area (Å²) in [6.07, 6.45) is -2.57. The van der Waals surface area contributed by atoms with Crippen molar-refractivity contribution < 1.29 is 27.0 Å². The molecule has 37 heavy (non-hydrogen) atoms. The quantitative estimate of drug-likeness (QED) is 0.387. The summed E-state index contributed by atoms with van der Waals surface area (Å²) in [6, 6.07) is 7.15. The fourth-order valence-corrected chi connectivity index (χ4v) is 5.42. The van der Waals surface area contributed by atoms with Crippen molar-refractivity contribution in [2.75, 3.05) is 0 Å². The molecule has 0 atom stereocenters. The van der Waals surface area contributed by atoms with Gasteiger partial charge in [-0.05, 0) is 37.1 Å². The number of phenols is 1. The molecular weight excluding hydrogens is 559 g/mol. The Kier molecular flexibility index (Phi) is 7.24. The summed E-state index contributed by atoms with van der Waals surface area (Å²) in [5.41, 5.74) is -3.82. The molecule has 1 aliphatic carbocycles. The van der Waals surface area contributed by atoms with E-state index >= 15 is 0 Å². The summed E-state index contributed by atoms with van der Waals surface area (Å²) in [6.45, 7) is 0. The highest BCUT2D eigenvalue weighted by Crippen LogP contribution is 2.39. The average molecular weight is 574 g/mol. The number of aromatic nitrogens is 3. The van der Waals surface area contributed by atoms with Crippen LogP contribution in [0.25, 0.3) is 5.69 Å². The van der Waals surface area contributed by atoms with Crippen molar-refractivity contribution in [1.82, 2.24) is 19.5 Å². The van der Waals surface area contributed by atoms with Gasteiger partial charge in [-0.2, -0.15) is 15.0 Å². The molecule has 1 aliphatic rings. The molecule has 2 aromatic carbocycles. The van der Waals surface area contributed by atoms with Gasteiger partial charge >= 0.3 is 5.69 Å². The van der Waals surface area contributed by atoms with Crippen LogP contribution in [0.4, 0.5) is 8.78 Å². The third-order valence-corrected chi connectivity index (χ3v) is 7.48. The molecule has 3 N–H and O–H groups in total. The van der Waals surface area contributed by atoms with Crippen molar-refractivity contribution in [1.29, 1.82) is 5.26 Å². The molecule has 0 radical (unpaired) electrons. The number of halogens is 4. The first-order valence-corrected chi connectivity index (χ1v) is 12.6. The molecule has 0 amide bonds. The SMILES string of the molecule is N#C[C@H]1C[C@H](NS(=O)(=O)c2cc(Oc3c(Cl)cc(-n4nc(C(F)F)c(=O)[nH]c4=O)cc3Cl)ccc2O)C1. The van der Waals surface area contributed by atoms with Crippen molar-refractivity contribution >= 4 is 33.2 Å². The first-order chi connectivity index (χ1) is 17.4. The largest absolute Gasteiger partial charge is 0.507 e. The molecular formula is C21H15Cl2F2N5O6S. The Morgan fingerprint density at radius 1 is 1.22 bits per heavy atom. The minimum absolute atomic E-state index is 0.0856. The highest BCUT2D eigenvalue weighted by atomic mass is 35.5. The molecule has 1 aromatic heterocycles. The number of nitriles is 1. The fourth-order valence-electron chi connectivity index (χ4n) is 3.49. The average Bonchev–Trinajstić information content (AvgIpc) is 2.79. The van der Waals surface area contributed by atoms with Gasteiger partial charge in [0.15, 0.2) is 11.4 Å². The van der Waals surface area contributed by atoms with Crippen LogP contribution >= 0.6 is 23.2 Å². The van der Waals surface area contributed by atoms with E-state index in [-0.39, 0.29) is 33.1 Å². The Labute approximate surface area is 216 Å². The first kappa shape index (κ1) is 26.6. The number of alkyl halides is 2. The van der Waals surface area contributed by atoms with Gasteiger partial charge in [0.25, 0.3) is 12.0 Å². The first-order valence-electron chi connectivity index (χ1n) is 10.3. The minimum atomic E-state index is -4.17. The van der Waals surface area contributed by atoms with Crippen LogP contribution in [-0.2, 0) is 10.0 Å². The number of hydrogen-bond donors (Lipinski definition) is 3. The lowest BCUT2D eigenvalue weighted by atomic mass is 9.82. The smallest absolute Gasteiger partial charge is 0.349 e. The topological polar surface area (TPSA) is 167 Å². The summed E-state index contributed by atoms with van der Waals surface area (Å²) in [5, 5.41) is 21.9. The van der Waals surface area contributed by atoms with Crippen LogP contribution in [0.3, 0.4) is 0 Å². The number of aromatic amines is 1. The Morgan fingerprint density at radius 3 is 2.46 bits per heavy atom. The molecule has 16 heteroatoms. The summed E-state index contributed by atoms with van der Waals surface area (Å²) < 4.78 is 60.1. The molecule has 194 valence electrons. The number of rotatable bonds is 7. The van der Waals surface area contributed by atoms with Gasteiger partial charge < -0.3 is 9.84 Å². The number of aromatic hydroxyl groups is 1. The third kappa shape index (κ3) is 5.44. The van der Waals surface area contributed by atoms with Gasteiger partial charge in [-0.15, -0.1) is 0 Å². The molecule has 1 fully saturated rings. The zero-order valence-electron chi connectivity index (χ0n) is 18.3. The maximum Gasteiger partial charge on any atom is 0.349 e. The Hall–Kier alpha value is -3.51. The van der Waals surface area contributed by atoms with Crippen molar-refractivity contribution in [3.63, 3.8) is 0 Å². The highest BCUT2D eigenvalue weighted by Gasteiger charge is 2.33. The maximum atomic E-state index is 13.0. The molecule has 11 nitrogen and oxygen atoms in total. The van der Waals surface area contributed by atoms with E-state index in [1.807, 2.05) is 6.07 Å². The molecule has 0 aliphatic heterocycles. The molecule has 0 saturated heterocycles. The number of sulfonamides is 1. The lowest BCUT2D eigenvalue weighted by molar-refractivity contribution is 0.141. The number of benzene rings is 2. The lowest BCUT2D eigenvalue weighted by Crippen LogP contribution is -2.43. The summed E-state index contributed by atoms with van der Waals surface area (Å²) in [5.74, 6) is -1.07. The Morgan fingerprint density at radius 2 is 1.86 bits per heavy atom. The maximum absolute atomic E-state index is 13.0. The predicted molar refractivity (Wildman–Crippen MR) is 126 cm³/mol. The van der Waals surface area contributed by atoms with Crippen molar-refractivity contribution in [2.45, 2.75) is 30.2 Å². The number of ether oxygens (including phenoxy) is 1. The Balaban J connectivity index is 1.64. The van der Waals surface area contributed by atoms with E-state index in [4.69, 9.17) is 33.2 Å². The monoisotopic (exact) mass is 573 g/mol. The van der Waals surface area contributed by atoms with E-state index in [9.17, 15) is 31.9 Å². The van der Waals surface area contributed by atoms with Gasteiger partial charge in [0.2, 0.25) is 10.0 Å². The molecule has 0 spiro atoms. The van der Waals surface area contributed by atoms with Gasteiger partial charge in [0.05, 0.1) is 21.8 Å². The van der Waals surface area contributed by atoms with Crippen LogP contribution in [0, 0.1) is 17.2 Å². The van der Waals surface area contributed by atoms with Crippen molar-refractivity contribution in [2.24, 2.45) is 5.92 Å².